The zero-order valence-corrected chi connectivity index (χ0v) is 31.3. The minimum absolute atomic E-state index is 0.0492. The van der Waals surface area contributed by atoms with E-state index in [2.05, 4.69) is 97.1 Å². The maximum absolute atomic E-state index is 6.27. The predicted molar refractivity (Wildman–Crippen MR) is 206 cm³/mol. The highest BCUT2D eigenvalue weighted by Crippen LogP contribution is 2.45. The molecule has 0 bridgehead atoms. The third-order valence-corrected chi connectivity index (χ3v) is 10.9. The van der Waals surface area contributed by atoms with E-state index in [-0.39, 0.29) is 37.0 Å². The summed E-state index contributed by atoms with van der Waals surface area (Å²) < 4.78 is 48.6. The van der Waals surface area contributed by atoms with E-state index >= 15 is 0 Å². The van der Waals surface area contributed by atoms with Crippen LogP contribution in [0.5, 0.6) is 23.0 Å². The van der Waals surface area contributed by atoms with Crippen molar-refractivity contribution in [3.8, 4) is 23.0 Å². The number of benzene rings is 4. The van der Waals surface area contributed by atoms with Gasteiger partial charge in [-0.05, 0) is 122 Å². The molecule has 0 aromatic heterocycles. The summed E-state index contributed by atoms with van der Waals surface area (Å²) in [7, 11) is 0. The molecule has 54 heavy (non-hydrogen) atoms. The van der Waals surface area contributed by atoms with Crippen molar-refractivity contribution in [3.05, 3.63) is 119 Å². The predicted octanol–water partition coefficient (Wildman–Crippen LogP) is 10.3. The fraction of sp³-hybridized carbons (Fsp3) is 0.478. The van der Waals surface area contributed by atoms with Crippen LogP contribution in [-0.2, 0) is 18.9 Å². The first-order valence-electron chi connectivity index (χ1n) is 20.3. The SMILES string of the molecule is c1cc(C(c2ccc(OC3CCCCO3)cc2)C(c2ccc(OC3CCCCO3)cc2)c2ccc(OC3CCCCO3)cc2)ccc1OC1CCCCO1. The van der Waals surface area contributed by atoms with E-state index in [9.17, 15) is 0 Å². The fourth-order valence-corrected chi connectivity index (χ4v) is 7.99. The molecule has 0 saturated carbocycles. The normalized spacial score (nSPS) is 24.5. The summed E-state index contributed by atoms with van der Waals surface area (Å²) in [6, 6.07) is 34.2. The lowest BCUT2D eigenvalue weighted by molar-refractivity contribution is -0.106. The van der Waals surface area contributed by atoms with Crippen molar-refractivity contribution in [2.75, 3.05) is 26.4 Å². The lowest BCUT2D eigenvalue weighted by atomic mass is 9.73. The van der Waals surface area contributed by atoms with E-state index in [1.54, 1.807) is 0 Å². The Kier molecular flexibility index (Phi) is 12.6. The van der Waals surface area contributed by atoms with Gasteiger partial charge in [0.2, 0.25) is 0 Å². The number of rotatable bonds is 13. The third kappa shape index (κ3) is 9.77. The highest BCUT2D eigenvalue weighted by Gasteiger charge is 2.30. The number of hydrogen-bond acceptors (Lipinski definition) is 8. The average Bonchev–Trinajstić information content (AvgIpc) is 3.23. The van der Waals surface area contributed by atoms with Gasteiger partial charge in [-0.1, -0.05) is 48.5 Å². The molecule has 4 aliphatic rings. The summed E-state index contributed by atoms with van der Waals surface area (Å²) in [5, 5.41) is 0. The summed E-state index contributed by atoms with van der Waals surface area (Å²) in [4.78, 5) is 0. The Hall–Kier alpha value is -4.08. The van der Waals surface area contributed by atoms with Crippen molar-refractivity contribution < 1.29 is 37.9 Å². The van der Waals surface area contributed by atoms with Gasteiger partial charge < -0.3 is 37.9 Å². The van der Waals surface area contributed by atoms with Crippen LogP contribution in [0.25, 0.3) is 0 Å². The topological polar surface area (TPSA) is 73.8 Å². The molecule has 0 spiro atoms. The largest absolute Gasteiger partial charge is 0.465 e. The van der Waals surface area contributed by atoms with Gasteiger partial charge in [0.15, 0.2) is 25.2 Å². The van der Waals surface area contributed by atoms with Crippen LogP contribution in [0, 0.1) is 0 Å². The van der Waals surface area contributed by atoms with Crippen molar-refractivity contribution in [2.24, 2.45) is 0 Å². The molecule has 4 saturated heterocycles. The minimum atomic E-state index is -0.201. The van der Waals surface area contributed by atoms with Gasteiger partial charge in [-0.2, -0.15) is 0 Å². The second-order valence-corrected chi connectivity index (χ2v) is 14.9. The Morgan fingerprint density at radius 1 is 0.315 bits per heavy atom. The Morgan fingerprint density at radius 2 is 0.537 bits per heavy atom. The molecule has 4 fully saturated rings. The molecule has 8 heteroatoms. The van der Waals surface area contributed by atoms with Gasteiger partial charge >= 0.3 is 0 Å². The summed E-state index contributed by atoms with van der Waals surface area (Å²) in [6.45, 7) is 2.98. The van der Waals surface area contributed by atoms with Gasteiger partial charge in [0.1, 0.15) is 23.0 Å². The first-order valence-corrected chi connectivity index (χ1v) is 20.3. The standard InChI is InChI=1S/C46H54O8/c1-5-29-47-41(9-1)51-37-21-13-33(14-22-37)45(34-15-23-38(24-16-34)52-42-10-2-6-30-48-42)46(35-17-25-39(26-18-35)53-43-11-3-7-31-49-43)36-19-27-40(28-20-36)54-44-12-4-8-32-50-44/h13-28,41-46H,1-12,29-32H2. The molecule has 0 aliphatic carbocycles. The van der Waals surface area contributed by atoms with E-state index in [4.69, 9.17) is 37.9 Å². The maximum atomic E-state index is 6.27. The van der Waals surface area contributed by atoms with Gasteiger partial charge in [-0.3, -0.25) is 0 Å². The molecule has 4 atom stereocenters. The van der Waals surface area contributed by atoms with E-state index < -0.39 is 0 Å². The molecule has 8 nitrogen and oxygen atoms in total. The van der Waals surface area contributed by atoms with Gasteiger partial charge in [0, 0.05) is 37.5 Å². The van der Waals surface area contributed by atoms with Crippen LogP contribution in [0.1, 0.15) is 111 Å². The Bertz CT molecular complexity index is 1430. The molecule has 4 aliphatic heterocycles. The quantitative estimate of drug-likeness (QED) is 0.134. The van der Waals surface area contributed by atoms with Crippen molar-refractivity contribution >= 4 is 0 Å². The number of hydrogen-bond donors (Lipinski definition) is 0. The highest BCUT2D eigenvalue weighted by atomic mass is 16.7. The van der Waals surface area contributed by atoms with E-state index in [0.29, 0.717) is 0 Å². The Morgan fingerprint density at radius 3 is 0.722 bits per heavy atom. The molecule has 0 N–H and O–H groups in total. The molecule has 8 rings (SSSR count). The zero-order valence-electron chi connectivity index (χ0n) is 31.3. The molecule has 0 radical (unpaired) electrons. The Balaban J connectivity index is 1.13. The molecule has 0 amide bonds. The molecule has 4 aromatic rings. The lowest BCUT2D eigenvalue weighted by Crippen LogP contribution is -2.25. The molecular formula is C46H54O8. The average molecular weight is 735 g/mol. The smallest absolute Gasteiger partial charge is 0.199 e. The van der Waals surface area contributed by atoms with Crippen LogP contribution in [-0.4, -0.2) is 51.6 Å². The van der Waals surface area contributed by atoms with Crippen molar-refractivity contribution in [1.82, 2.24) is 0 Å². The van der Waals surface area contributed by atoms with E-state index in [1.807, 2.05) is 0 Å². The number of ether oxygens (including phenoxy) is 8. The lowest BCUT2D eigenvalue weighted by Gasteiger charge is -2.31. The maximum Gasteiger partial charge on any atom is 0.199 e. The molecule has 4 unspecified atom stereocenters. The van der Waals surface area contributed by atoms with E-state index in [1.165, 1.54) is 22.3 Å². The monoisotopic (exact) mass is 734 g/mol. The highest BCUT2D eigenvalue weighted by molar-refractivity contribution is 5.48. The van der Waals surface area contributed by atoms with Crippen molar-refractivity contribution in [2.45, 2.75) is 114 Å². The van der Waals surface area contributed by atoms with Gasteiger partial charge in [0.25, 0.3) is 0 Å². The van der Waals surface area contributed by atoms with Gasteiger partial charge in [-0.25, -0.2) is 0 Å². The van der Waals surface area contributed by atoms with E-state index in [0.717, 1.165) is 126 Å². The van der Waals surface area contributed by atoms with Gasteiger partial charge in [-0.15, -0.1) is 0 Å². The van der Waals surface area contributed by atoms with Crippen molar-refractivity contribution in [1.29, 1.82) is 0 Å². The van der Waals surface area contributed by atoms with Crippen LogP contribution in [0.2, 0.25) is 0 Å². The van der Waals surface area contributed by atoms with Crippen LogP contribution < -0.4 is 18.9 Å². The fourth-order valence-electron chi connectivity index (χ4n) is 7.99. The first kappa shape index (κ1) is 36.9. The van der Waals surface area contributed by atoms with Crippen LogP contribution >= 0.6 is 0 Å². The van der Waals surface area contributed by atoms with Crippen LogP contribution in [0.3, 0.4) is 0 Å². The summed E-state index contributed by atoms with van der Waals surface area (Å²) in [5.74, 6) is 3.16. The second-order valence-electron chi connectivity index (χ2n) is 14.9. The summed E-state index contributed by atoms with van der Waals surface area (Å²) in [6.07, 6.45) is 11.7. The Labute approximate surface area is 320 Å². The molecule has 4 aromatic carbocycles. The molecule has 286 valence electrons. The first-order chi connectivity index (χ1) is 26.7. The van der Waals surface area contributed by atoms with Crippen LogP contribution in [0.15, 0.2) is 97.1 Å². The second kappa shape index (κ2) is 18.5. The van der Waals surface area contributed by atoms with Crippen LogP contribution in [0.4, 0.5) is 0 Å². The molecule has 4 heterocycles. The molecular weight excluding hydrogens is 680 g/mol. The van der Waals surface area contributed by atoms with Gasteiger partial charge in [0.05, 0.1) is 26.4 Å². The summed E-state index contributed by atoms with van der Waals surface area (Å²) in [5.41, 5.74) is 4.70. The third-order valence-electron chi connectivity index (χ3n) is 10.9. The summed E-state index contributed by atoms with van der Waals surface area (Å²) >= 11 is 0. The minimum Gasteiger partial charge on any atom is -0.465 e. The van der Waals surface area contributed by atoms with Crippen molar-refractivity contribution in [3.63, 3.8) is 0 Å². The zero-order chi connectivity index (χ0) is 36.4.